The first-order valence-corrected chi connectivity index (χ1v) is 6.40. The van der Waals surface area contributed by atoms with Gasteiger partial charge in [-0.3, -0.25) is 4.90 Å². The highest BCUT2D eigenvalue weighted by Crippen LogP contribution is 2.23. The maximum atomic E-state index is 10.6. The predicted octanol–water partition coefficient (Wildman–Crippen LogP) is 1.74. The Labute approximate surface area is 113 Å². The maximum Gasteiger partial charge on any atom is 0.328 e. The molecule has 1 aromatic rings. The summed E-state index contributed by atoms with van der Waals surface area (Å²) in [6.07, 6.45) is 3.55. The standard InChI is InChI=1S/C15H19NO3/c1-15(19)8-9-16(11-15)10-13-5-3-2-4-12(13)6-7-14(17)18/h2-7,19H,8-11H2,1H3,(H,17,18)/b7-6+. The summed E-state index contributed by atoms with van der Waals surface area (Å²) in [5.41, 5.74) is 1.39. The molecule has 2 N–H and O–H groups in total. The van der Waals surface area contributed by atoms with Crippen molar-refractivity contribution in [2.45, 2.75) is 25.5 Å². The van der Waals surface area contributed by atoms with E-state index >= 15 is 0 Å². The first-order chi connectivity index (χ1) is 8.96. The second-order valence-electron chi connectivity index (χ2n) is 5.33. The van der Waals surface area contributed by atoms with Crippen LogP contribution in [0.4, 0.5) is 0 Å². The molecule has 4 heteroatoms. The van der Waals surface area contributed by atoms with Gasteiger partial charge in [-0.25, -0.2) is 4.79 Å². The van der Waals surface area contributed by atoms with Gasteiger partial charge >= 0.3 is 5.97 Å². The lowest BCUT2D eigenvalue weighted by Gasteiger charge is -2.19. The number of aliphatic hydroxyl groups is 1. The van der Waals surface area contributed by atoms with Crippen LogP contribution in [0.15, 0.2) is 30.3 Å². The maximum absolute atomic E-state index is 10.6. The Hall–Kier alpha value is -1.65. The van der Waals surface area contributed by atoms with Crippen LogP contribution in [0.5, 0.6) is 0 Å². The second-order valence-corrected chi connectivity index (χ2v) is 5.33. The van der Waals surface area contributed by atoms with Gasteiger partial charge in [0.05, 0.1) is 5.60 Å². The number of aliphatic carboxylic acids is 1. The molecule has 0 aliphatic carbocycles. The van der Waals surface area contributed by atoms with E-state index in [1.165, 1.54) is 0 Å². The Kier molecular flexibility index (Phi) is 4.02. The van der Waals surface area contributed by atoms with E-state index in [1.807, 2.05) is 31.2 Å². The average molecular weight is 261 g/mol. The Balaban J connectivity index is 2.10. The van der Waals surface area contributed by atoms with Gasteiger partial charge in [-0.1, -0.05) is 24.3 Å². The molecule has 0 aromatic heterocycles. The fourth-order valence-corrected chi connectivity index (χ4v) is 2.42. The minimum Gasteiger partial charge on any atom is -0.478 e. The quantitative estimate of drug-likeness (QED) is 0.810. The number of carboxylic acids is 1. The van der Waals surface area contributed by atoms with Crippen LogP contribution in [0.25, 0.3) is 6.08 Å². The van der Waals surface area contributed by atoms with Crippen molar-refractivity contribution in [3.05, 3.63) is 41.5 Å². The van der Waals surface area contributed by atoms with Gasteiger partial charge < -0.3 is 10.2 Å². The Morgan fingerprint density at radius 2 is 2.21 bits per heavy atom. The molecule has 1 aromatic carbocycles. The molecule has 0 bridgehead atoms. The molecule has 1 aliphatic rings. The van der Waals surface area contributed by atoms with Gasteiger partial charge in [-0.05, 0) is 30.5 Å². The van der Waals surface area contributed by atoms with Crippen LogP contribution >= 0.6 is 0 Å². The highest BCUT2D eigenvalue weighted by atomic mass is 16.4. The second kappa shape index (κ2) is 5.55. The summed E-state index contributed by atoms with van der Waals surface area (Å²) in [7, 11) is 0. The van der Waals surface area contributed by atoms with Crippen LogP contribution in [0.1, 0.15) is 24.5 Å². The SMILES string of the molecule is CC1(O)CCN(Cc2ccccc2/C=C/C(=O)O)C1. The van der Waals surface area contributed by atoms with Gasteiger partial charge in [-0.2, -0.15) is 0 Å². The van der Waals surface area contributed by atoms with Crippen LogP contribution < -0.4 is 0 Å². The Morgan fingerprint density at radius 3 is 2.84 bits per heavy atom. The van der Waals surface area contributed by atoms with Crippen LogP contribution in [0, 0.1) is 0 Å². The number of benzene rings is 1. The minimum absolute atomic E-state index is 0.605. The van der Waals surface area contributed by atoms with Gasteiger partial charge in [0, 0.05) is 25.7 Å². The lowest BCUT2D eigenvalue weighted by Crippen LogP contribution is -2.29. The molecule has 4 nitrogen and oxygen atoms in total. The zero-order valence-electron chi connectivity index (χ0n) is 11.0. The van der Waals surface area contributed by atoms with Gasteiger partial charge in [0.2, 0.25) is 0 Å². The van der Waals surface area contributed by atoms with E-state index in [2.05, 4.69) is 4.90 Å². The van der Waals surface area contributed by atoms with E-state index in [0.717, 1.165) is 36.7 Å². The van der Waals surface area contributed by atoms with Crippen molar-refractivity contribution < 1.29 is 15.0 Å². The Bertz CT molecular complexity index is 494. The molecule has 1 aliphatic heterocycles. The summed E-state index contributed by atoms with van der Waals surface area (Å²) in [6, 6.07) is 7.74. The number of likely N-dealkylation sites (tertiary alicyclic amines) is 1. The van der Waals surface area contributed by atoms with Gasteiger partial charge in [-0.15, -0.1) is 0 Å². The lowest BCUT2D eigenvalue weighted by atomic mass is 10.1. The van der Waals surface area contributed by atoms with Crippen molar-refractivity contribution >= 4 is 12.0 Å². The number of hydrogen-bond donors (Lipinski definition) is 2. The summed E-state index contributed by atoms with van der Waals surface area (Å²) in [5.74, 6) is -0.945. The average Bonchev–Trinajstić information content (AvgIpc) is 2.67. The van der Waals surface area contributed by atoms with E-state index in [0.29, 0.717) is 6.54 Å². The molecule has 1 saturated heterocycles. The van der Waals surface area contributed by atoms with E-state index in [-0.39, 0.29) is 0 Å². The molecule has 102 valence electrons. The molecular formula is C15H19NO3. The molecule has 1 unspecified atom stereocenters. The number of hydrogen-bond acceptors (Lipinski definition) is 3. The van der Waals surface area contributed by atoms with Crippen molar-refractivity contribution in [3.8, 4) is 0 Å². The van der Waals surface area contributed by atoms with Crippen molar-refractivity contribution in [2.75, 3.05) is 13.1 Å². The third-order valence-electron chi connectivity index (χ3n) is 3.39. The van der Waals surface area contributed by atoms with Crippen LogP contribution in [0.2, 0.25) is 0 Å². The number of nitrogens with zero attached hydrogens (tertiary/aromatic N) is 1. The smallest absolute Gasteiger partial charge is 0.328 e. The highest BCUT2D eigenvalue weighted by Gasteiger charge is 2.31. The number of carbonyl (C=O) groups is 1. The largest absolute Gasteiger partial charge is 0.478 e. The Morgan fingerprint density at radius 1 is 1.47 bits per heavy atom. The topological polar surface area (TPSA) is 60.8 Å². The third kappa shape index (κ3) is 3.91. The first kappa shape index (κ1) is 13.8. The van der Waals surface area contributed by atoms with Crippen molar-refractivity contribution in [2.24, 2.45) is 0 Å². The van der Waals surface area contributed by atoms with Crippen molar-refractivity contribution in [3.63, 3.8) is 0 Å². The third-order valence-corrected chi connectivity index (χ3v) is 3.39. The highest BCUT2D eigenvalue weighted by molar-refractivity contribution is 5.85. The predicted molar refractivity (Wildman–Crippen MR) is 73.6 cm³/mol. The molecule has 0 spiro atoms. The van der Waals surface area contributed by atoms with Crippen molar-refractivity contribution in [1.29, 1.82) is 0 Å². The van der Waals surface area contributed by atoms with Crippen LogP contribution in [-0.4, -0.2) is 39.8 Å². The molecule has 2 rings (SSSR count). The molecule has 0 amide bonds. The lowest BCUT2D eigenvalue weighted by molar-refractivity contribution is -0.131. The number of carboxylic acid groups (broad SMARTS) is 1. The van der Waals surface area contributed by atoms with E-state index in [9.17, 15) is 9.90 Å². The molecule has 19 heavy (non-hydrogen) atoms. The van der Waals surface area contributed by atoms with Gasteiger partial charge in [0.1, 0.15) is 0 Å². The van der Waals surface area contributed by atoms with Crippen LogP contribution in [0.3, 0.4) is 0 Å². The summed E-state index contributed by atoms with van der Waals surface area (Å²) in [5, 5.41) is 18.6. The molecular weight excluding hydrogens is 242 g/mol. The summed E-state index contributed by atoms with van der Waals surface area (Å²) in [4.78, 5) is 12.8. The minimum atomic E-state index is -0.945. The monoisotopic (exact) mass is 261 g/mol. The molecule has 0 saturated carbocycles. The zero-order chi connectivity index (χ0) is 13.9. The van der Waals surface area contributed by atoms with Gasteiger partial charge in [0.15, 0.2) is 0 Å². The van der Waals surface area contributed by atoms with E-state index < -0.39 is 11.6 Å². The zero-order valence-corrected chi connectivity index (χ0v) is 11.0. The normalized spacial score (nSPS) is 24.1. The van der Waals surface area contributed by atoms with E-state index in [4.69, 9.17) is 5.11 Å². The summed E-state index contributed by atoms with van der Waals surface area (Å²) >= 11 is 0. The number of β-amino-alcohol motifs (C(OH)–C–C–N with tert-alkyl or cyclic N) is 1. The summed E-state index contributed by atoms with van der Waals surface area (Å²) < 4.78 is 0. The number of rotatable bonds is 4. The van der Waals surface area contributed by atoms with E-state index in [1.54, 1.807) is 6.08 Å². The van der Waals surface area contributed by atoms with Crippen molar-refractivity contribution in [1.82, 2.24) is 4.90 Å². The van der Waals surface area contributed by atoms with Crippen LogP contribution in [-0.2, 0) is 11.3 Å². The first-order valence-electron chi connectivity index (χ1n) is 6.40. The molecule has 1 heterocycles. The molecule has 0 radical (unpaired) electrons. The fourth-order valence-electron chi connectivity index (χ4n) is 2.42. The fraction of sp³-hybridized carbons (Fsp3) is 0.400. The van der Waals surface area contributed by atoms with Gasteiger partial charge in [0.25, 0.3) is 0 Å². The molecule has 1 fully saturated rings. The summed E-state index contributed by atoms with van der Waals surface area (Å²) in [6.45, 7) is 4.10. The molecule has 1 atom stereocenters.